The Hall–Kier alpha value is -3.09. The zero-order valence-corrected chi connectivity index (χ0v) is 11.2. The number of carbonyl (C=O) groups is 1. The molecule has 0 spiro atoms. The fraction of sp³-hybridized carbons (Fsp3) is 0.0714. The number of nitrogens with two attached hydrogens (primary N) is 1. The Kier molecular flexibility index (Phi) is 3.15. The fourth-order valence-corrected chi connectivity index (χ4v) is 2.12. The van der Waals surface area contributed by atoms with Gasteiger partial charge in [0, 0.05) is 29.7 Å². The van der Waals surface area contributed by atoms with Crippen molar-refractivity contribution in [3.63, 3.8) is 0 Å². The van der Waals surface area contributed by atoms with Crippen molar-refractivity contribution >= 4 is 17.6 Å². The van der Waals surface area contributed by atoms with Gasteiger partial charge in [-0.2, -0.15) is 0 Å². The summed E-state index contributed by atoms with van der Waals surface area (Å²) in [4.78, 5) is 20.1. The van der Waals surface area contributed by atoms with E-state index in [2.05, 4.69) is 15.3 Å². The minimum atomic E-state index is -0.555. The lowest BCUT2D eigenvalue weighted by molar-refractivity contribution is 0.0602. The Balaban J connectivity index is 2.23. The molecule has 0 saturated heterocycles. The lowest BCUT2D eigenvalue weighted by Gasteiger charge is -2.17. The molecule has 0 radical (unpaired) electrons. The predicted octanol–water partition coefficient (Wildman–Crippen LogP) is 1.79. The molecule has 1 aliphatic rings. The van der Waals surface area contributed by atoms with E-state index in [0.717, 1.165) is 0 Å². The molecule has 0 aromatic carbocycles. The molecule has 106 valence electrons. The number of hydrogen-bond acceptors (Lipinski definition) is 7. The van der Waals surface area contributed by atoms with Crippen LogP contribution in [0, 0.1) is 0 Å². The number of ether oxygens (including phenoxy) is 2. The highest BCUT2D eigenvalue weighted by molar-refractivity contribution is 6.02. The fourth-order valence-electron chi connectivity index (χ4n) is 2.12. The molecular formula is C14H12N4O3. The minimum Gasteiger partial charge on any atom is -0.465 e. The second-order valence-electron chi connectivity index (χ2n) is 4.21. The summed E-state index contributed by atoms with van der Waals surface area (Å²) in [6.45, 7) is 0. The van der Waals surface area contributed by atoms with Gasteiger partial charge < -0.3 is 20.5 Å². The molecule has 0 amide bonds. The van der Waals surface area contributed by atoms with Crippen LogP contribution < -0.4 is 15.8 Å². The highest BCUT2D eigenvalue weighted by atomic mass is 16.5. The number of anilines is 2. The number of methoxy groups -OCH3 is 1. The number of nitrogens with zero attached hydrogens (tertiary/aromatic N) is 2. The van der Waals surface area contributed by atoms with Gasteiger partial charge >= 0.3 is 5.97 Å². The van der Waals surface area contributed by atoms with E-state index in [0.29, 0.717) is 22.7 Å². The van der Waals surface area contributed by atoms with Gasteiger partial charge in [-0.15, -0.1) is 0 Å². The monoisotopic (exact) mass is 284 g/mol. The van der Waals surface area contributed by atoms with Gasteiger partial charge in [0.2, 0.25) is 0 Å². The maximum atomic E-state index is 12.0. The molecule has 0 bridgehead atoms. The van der Waals surface area contributed by atoms with Gasteiger partial charge in [0.15, 0.2) is 11.6 Å². The van der Waals surface area contributed by atoms with Crippen molar-refractivity contribution in [1.82, 2.24) is 9.97 Å². The molecular weight excluding hydrogens is 272 g/mol. The van der Waals surface area contributed by atoms with Gasteiger partial charge in [0.05, 0.1) is 7.11 Å². The van der Waals surface area contributed by atoms with Crippen molar-refractivity contribution in [2.45, 2.75) is 0 Å². The molecule has 0 fully saturated rings. The third kappa shape index (κ3) is 2.14. The molecule has 0 aliphatic carbocycles. The number of fused-ring (bicyclic) bond motifs is 1. The smallest absolute Gasteiger partial charge is 0.342 e. The zero-order valence-electron chi connectivity index (χ0n) is 11.2. The van der Waals surface area contributed by atoms with Crippen molar-refractivity contribution in [2.75, 3.05) is 18.2 Å². The number of carbonyl (C=O) groups excluding carboxylic acids is 1. The maximum absolute atomic E-state index is 12.0. The average Bonchev–Trinajstić information content (AvgIpc) is 2.53. The van der Waals surface area contributed by atoms with Crippen molar-refractivity contribution in [2.24, 2.45) is 0 Å². The van der Waals surface area contributed by atoms with E-state index >= 15 is 0 Å². The van der Waals surface area contributed by atoms with Crippen molar-refractivity contribution in [3.05, 3.63) is 42.6 Å². The topological polar surface area (TPSA) is 99.4 Å². The molecule has 21 heavy (non-hydrogen) atoms. The van der Waals surface area contributed by atoms with E-state index in [4.69, 9.17) is 15.2 Å². The van der Waals surface area contributed by atoms with Crippen LogP contribution >= 0.6 is 0 Å². The summed E-state index contributed by atoms with van der Waals surface area (Å²) >= 11 is 0. The van der Waals surface area contributed by atoms with Crippen LogP contribution in [0.3, 0.4) is 0 Å². The standard InChI is InChI=1S/C14H12N4O3/c1-20-14(19)10-8(2-4-16-12(10)15)9-3-5-17-13-11(9)21-7-6-18-13/h2-7H,1H3,(H2,15,16)(H,17,18). The summed E-state index contributed by atoms with van der Waals surface area (Å²) in [6.07, 6.45) is 6.26. The highest BCUT2D eigenvalue weighted by Gasteiger charge is 2.22. The minimum absolute atomic E-state index is 0.101. The Morgan fingerprint density at radius 2 is 2.05 bits per heavy atom. The van der Waals surface area contributed by atoms with Crippen LogP contribution in [0.4, 0.5) is 11.6 Å². The quantitative estimate of drug-likeness (QED) is 0.811. The first kappa shape index (κ1) is 12.9. The van der Waals surface area contributed by atoms with E-state index in [1.165, 1.54) is 19.6 Å². The summed E-state index contributed by atoms with van der Waals surface area (Å²) in [5.74, 6) is 0.613. The van der Waals surface area contributed by atoms with E-state index in [-0.39, 0.29) is 11.4 Å². The Morgan fingerprint density at radius 3 is 2.86 bits per heavy atom. The number of nitrogen functional groups attached to an aromatic ring is 1. The van der Waals surface area contributed by atoms with Crippen LogP contribution in [-0.4, -0.2) is 23.0 Å². The lowest BCUT2D eigenvalue weighted by Crippen LogP contribution is -2.10. The van der Waals surface area contributed by atoms with E-state index < -0.39 is 5.97 Å². The summed E-state index contributed by atoms with van der Waals surface area (Å²) < 4.78 is 10.3. The van der Waals surface area contributed by atoms with Gasteiger partial charge in [0.1, 0.15) is 17.6 Å². The van der Waals surface area contributed by atoms with E-state index in [1.807, 2.05) is 0 Å². The first-order valence-electron chi connectivity index (χ1n) is 6.12. The SMILES string of the molecule is COC(=O)c1c(-c2ccnc3c2OC=CN3)ccnc1N. The number of hydrogen-bond donors (Lipinski definition) is 2. The lowest BCUT2D eigenvalue weighted by atomic mass is 10.0. The molecule has 2 aromatic rings. The second-order valence-corrected chi connectivity index (χ2v) is 4.21. The number of pyridine rings is 2. The van der Waals surface area contributed by atoms with Gasteiger partial charge in [0.25, 0.3) is 0 Å². The second kappa shape index (κ2) is 5.12. The van der Waals surface area contributed by atoms with Crippen LogP contribution in [0.1, 0.15) is 10.4 Å². The van der Waals surface area contributed by atoms with Crippen LogP contribution in [0.2, 0.25) is 0 Å². The average molecular weight is 284 g/mol. The van der Waals surface area contributed by atoms with Gasteiger partial charge in [-0.1, -0.05) is 0 Å². The van der Waals surface area contributed by atoms with E-state index in [1.54, 1.807) is 24.5 Å². The Labute approximate surface area is 120 Å². The first-order chi connectivity index (χ1) is 10.2. The van der Waals surface area contributed by atoms with Gasteiger partial charge in [-0.3, -0.25) is 0 Å². The molecule has 3 heterocycles. The number of aromatic nitrogens is 2. The molecule has 0 unspecified atom stereocenters. The van der Waals surface area contributed by atoms with Crippen LogP contribution in [0.25, 0.3) is 11.1 Å². The predicted molar refractivity (Wildman–Crippen MR) is 76.6 cm³/mol. The van der Waals surface area contributed by atoms with Crippen LogP contribution in [0.15, 0.2) is 37.0 Å². The highest BCUT2D eigenvalue weighted by Crippen LogP contribution is 2.39. The molecule has 3 N–H and O–H groups in total. The number of esters is 1. The van der Waals surface area contributed by atoms with Crippen molar-refractivity contribution in [3.8, 4) is 16.9 Å². The largest absolute Gasteiger partial charge is 0.465 e. The first-order valence-corrected chi connectivity index (χ1v) is 6.12. The zero-order chi connectivity index (χ0) is 14.8. The number of rotatable bonds is 2. The Bertz CT molecular complexity index is 743. The summed E-state index contributed by atoms with van der Waals surface area (Å²) in [7, 11) is 1.29. The summed E-state index contributed by atoms with van der Waals surface area (Å²) in [6, 6.07) is 3.42. The van der Waals surface area contributed by atoms with Crippen molar-refractivity contribution in [1.29, 1.82) is 0 Å². The molecule has 7 nitrogen and oxygen atoms in total. The van der Waals surface area contributed by atoms with Crippen LogP contribution in [-0.2, 0) is 4.74 Å². The summed E-state index contributed by atoms with van der Waals surface area (Å²) in [5.41, 5.74) is 7.26. The molecule has 1 aliphatic heterocycles. The molecule has 0 saturated carbocycles. The van der Waals surface area contributed by atoms with Crippen molar-refractivity contribution < 1.29 is 14.3 Å². The third-order valence-electron chi connectivity index (χ3n) is 3.04. The molecule has 7 heteroatoms. The normalized spacial score (nSPS) is 12.0. The molecule has 0 atom stereocenters. The molecule has 3 rings (SSSR count). The van der Waals surface area contributed by atoms with E-state index in [9.17, 15) is 4.79 Å². The molecule has 2 aromatic heterocycles. The maximum Gasteiger partial charge on any atom is 0.342 e. The van der Waals surface area contributed by atoms with Crippen LogP contribution in [0.5, 0.6) is 5.75 Å². The third-order valence-corrected chi connectivity index (χ3v) is 3.04. The Morgan fingerprint density at radius 1 is 1.29 bits per heavy atom. The van der Waals surface area contributed by atoms with Gasteiger partial charge in [-0.05, 0) is 12.1 Å². The number of nitrogens with one attached hydrogen (secondary N) is 1. The summed E-state index contributed by atoms with van der Waals surface area (Å²) in [5, 5.41) is 2.97. The van der Waals surface area contributed by atoms with Gasteiger partial charge in [-0.25, -0.2) is 14.8 Å².